The van der Waals surface area contributed by atoms with Crippen molar-refractivity contribution in [3.8, 4) is 0 Å². The molecule has 3 nitrogen and oxygen atoms in total. The van der Waals surface area contributed by atoms with Gasteiger partial charge in [0, 0.05) is 19.0 Å². The average molecular weight is 377 g/mol. The lowest BCUT2D eigenvalue weighted by molar-refractivity contribution is -0.129. The average Bonchev–Trinajstić information content (AvgIpc) is 3.08. The molecule has 5 heteroatoms. The summed E-state index contributed by atoms with van der Waals surface area (Å²) in [5, 5.41) is -0.140. The van der Waals surface area contributed by atoms with E-state index in [4.69, 9.17) is 5.73 Å². The lowest BCUT2D eigenvalue weighted by Crippen LogP contribution is -2.33. The standard InChI is InChI=1S/C20H24N2OS.ClH/c1-24-19(16-10-6-3-7-11-16)20(23)22-13-17(12-21)18(14-22)15-8-4-2-5-9-15;/h2-11,17-19H,12-14,21H2,1H3;1H/t17-,18+,19?;/m1./s1. The predicted molar refractivity (Wildman–Crippen MR) is 108 cm³/mol. The molecule has 1 heterocycles. The second kappa shape index (κ2) is 9.27. The normalized spacial score (nSPS) is 20.8. The molecule has 1 aliphatic heterocycles. The molecule has 134 valence electrons. The summed E-state index contributed by atoms with van der Waals surface area (Å²) in [6, 6.07) is 20.5. The molecular weight excluding hydrogens is 352 g/mol. The maximum atomic E-state index is 13.1. The van der Waals surface area contributed by atoms with E-state index in [-0.39, 0.29) is 23.6 Å². The highest BCUT2D eigenvalue weighted by molar-refractivity contribution is 7.99. The van der Waals surface area contributed by atoms with Crippen LogP contribution < -0.4 is 5.73 Å². The molecule has 1 amide bonds. The lowest BCUT2D eigenvalue weighted by Gasteiger charge is -2.23. The zero-order valence-electron chi connectivity index (χ0n) is 14.4. The molecule has 0 bridgehead atoms. The summed E-state index contributed by atoms with van der Waals surface area (Å²) >= 11 is 1.60. The number of rotatable bonds is 5. The fourth-order valence-corrected chi connectivity index (χ4v) is 4.32. The van der Waals surface area contributed by atoms with Crippen LogP contribution in [0, 0.1) is 5.92 Å². The molecule has 2 aromatic carbocycles. The van der Waals surface area contributed by atoms with Gasteiger partial charge in [0.1, 0.15) is 5.25 Å². The third-order valence-corrected chi connectivity index (χ3v) is 5.79. The Bertz CT molecular complexity index is 668. The van der Waals surface area contributed by atoms with E-state index in [1.54, 1.807) is 11.8 Å². The largest absolute Gasteiger partial charge is 0.340 e. The molecule has 0 aliphatic carbocycles. The SMILES string of the molecule is CSC(C(=O)N1C[C@@H](CN)[C@H](c2ccccc2)C1)c1ccccc1.Cl. The maximum absolute atomic E-state index is 13.1. The third-order valence-electron chi connectivity index (χ3n) is 4.85. The van der Waals surface area contributed by atoms with Crippen molar-refractivity contribution in [1.29, 1.82) is 0 Å². The number of nitrogens with zero attached hydrogens (tertiary/aromatic N) is 1. The van der Waals surface area contributed by atoms with Gasteiger partial charge in [-0.3, -0.25) is 4.79 Å². The Kier molecular flexibility index (Phi) is 7.36. The van der Waals surface area contributed by atoms with E-state index in [0.717, 1.165) is 18.7 Å². The van der Waals surface area contributed by atoms with Gasteiger partial charge in [-0.15, -0.1) is 24.2 Å². The summed E-state index contributed by atoms with van der Waals surface area (Å²) in [5.74, 6) is 0.860. The fraction of sp³-hybridized carbons (Fsp3) is 0.350. The number of hydrogen-bond donors (Lipinski definition) is 1. The Morgan fingerprint density at radius 3 is 2.28 bits per heavy atom. The van der Waals surface area contributed by atoms with Crippen LogP contribution in [0.5, 0.6) is 0 Å². The van der Waals surface area contributed by atoms with Crippen molar-refractivity contribution in [2.45, 2.75) is 11.2 Å². The monoisotopic (exact) mass is 376 g/mol. The van der Waals surface area contributed by atoms with Crippen molar-refractivity contribution in [3.63, 3.8) is 0 Å². The predicted octanol–water partition coefficient (Wildman–Crippen LogP) is 3.71. The number of benzene rings is 2. The Hall–Kier alpha value is -1.49. The number of halogens is 1. The van der Waals surface area contributed by atoms with E-state index in [9.17, 15) is 4.79 Å². The first kappa shape index (κ1) is 19.8. The summed E-state index contributed by atoms with van der Waals surface area (Å²) < 4.78 is 0. The molecule has 1 saturated heterocycles. The van der Waals surface area contributed by atoms with Crippen molar-refractivity contribution in [3.05, 3.63) is 71.8 Å². The van der Waals surface area contributed by atoms with E-state index in [1.165, 1.54) is 5.56 Å². The number of carbonyl (C=O) groups is 1. The van der Waals surface area contributed by atoms with Gasteiger partial charge in [-0.1, -0.05) is 60.7 Å². The molecule has 0 aromatic heterocycles. The summed E-state index contributed by atoms with van der Waals surface area (Å²) in [4.78, 5) is 15.1. The van der Waals surface area contributed by atoms with Gasteiger partial charge in [-0.05, 0) is 29.8 Å². The van der Waals surface area contributed by atoms with E-state index in [1.807, 2.05) is 47.6 Å². The van der Waals surface area contributed by atoms with E-state index in [2.05, 4.69) is 24.3 Å². The van der Waals surface area contributed by atoms with E-state index in [0.29, 0.717) is 18.4 Å². The van der Waals surface area contributed by atoms with Crippen molar-refractivity contribution in [2.24, 2.45) is 11.7 Å². The summed E-state index contributed by atoms with van der Waals surface area (Å²) in [7, 11) is 0. The van der Waals surface area contributed by atoms with Crippen LogP contribution in [-0.2, 0) is 4.79 Å². The van der Waals surface area contributed by atoms with Crippen LogP contribution in [0.3, 0.4) is 0 Å². The molecule has 0 saturated carbocycles. The second-order valence-electron chi connectivity index (χ2n) is 6.28. The molecule has 0 spiro atoms. The topological polar surface area (TPSA) is 46.3 Å². The third kappa shape index (κ3) is 4.38. The van der Waals surface area contributed by atoms with Crippen molar-refractivity contribution >= 4 is 30.1 Å². The van der Waals surface area contributed by atoms with Crippen LogP contribution in [0.25, 0.3) is 0 Å². The van der Waals surface area contributed by atoms with Gasteiger partial charge in [0.25, 0.3) is 0 Å². The molecule has 3 rings (SSSR count). The van der Waals surface area contributed by atoms with Crippen LogP contribution in [0.15, 0.2) is 60.7 Å². The van der Waals surface area contributed by atoms with Gasteiger partial charge in [0.15, 0.2) is 0 Å². The number of amides is 1. The number of hydrogen-bond acceptors (Lipinski definition) is 3. The van der Waals surface area contributed by atoms with Crippen LogP contribution in [-0.4, -0.2) is 36.7 Å². The highest BCUT2D eigenvalue weighted by Gasteiger charge is 2.37. The zero-order chi connectivity index (χ0) is 16.9. The summed E-state index contributed by atoms with van der Waals surface area (Å²) in [5.41, 5.74) is 8.35. The van der Waals surface area contributed by atoms with Crippen LogP contribution in [0.4, 0.5) is 0 Å². The van der Waals surface area contributed by atoms with Crippen LogP contribution in [0.2, 0.25) is 0 Å². The minimum atomic E-state index is -0.140. The Labute approximate surface area is 160 Å². The van der Waals surface area contributed by atoms with Gasteiger partial charge in [-0.25, -0.2) is 0 Å². The van der Waals surface area contributed by atoms with Crippen molar-refractivity contribution < 1.29 is 4.79 Å². The quantitative estimate of drug-likeness (QED) is 0.865. The Balaban J connectivity index is 0.00000225. The second-order valence-corrected chi connectivity index (χ2v) is 7.23. The number of carbonyl (C=O) groups excluding carboxylic acids is 1. The molecule has 2 aromatic rings. The van der Waals surface area contributed by atoms with Crippen LogP contribution >= 0.6 is 24.2 Å². The lowest BCUT2D eigenvalue weighted by atomic mass is 9.89. The maximum Gasteiger partial charge on any atom is 0.240 e. The highest BCUT2D eigenvalue weighted by Crippen LogP contribution is 2.36. The van der Waals surface area contributed by atoms with Gasteiger partial charge < -0.3 is 10.6 Å². The summed E-state index contributed by atoms with van der Waals surface area (Å²) in [6.45, 7) is 2.12. The van der Waals surface area contributed by atoms with Crippen molar-refractivity contribution in [1.82, 2.24) is 4.90 Å². The minimum absolute atomic E-state index is 0. The first-order valence-corrected chi connectivity index (χ1v) is 9.65. The number of nitrogens with two attached hydrogens (primary N) is 1. The molecule has 1 fully saturated rings. The Morgan fingerprint density at radius 1 is 1.12 bits per heavy atom. The first-order chi connectivity index (χ1) is 11.7. The van der Waals surface area contributed by atoms with Gasteiger partial charge >= 0.3 is 0 Å². The molecule has 1 unspecified atom stereocenters. The van der Waals surface area contributed by atoms with Gasteiger partial charge in [-0.2, -0.15) is 0 Å². The Morgan fingerprint density at radius 2 is 1.72 bits per heavy atom. The number of thioether (sulfide) groups is 1. The molecule has 25 heavy (non-hydrogen) atoms. The first-order valence-electron chi connectivity index (χ1n) is 8.36. The van der Waals surface area contributed by atoms with E-state index >= 15 is 0 Å². The van der Waals surface area contributed by atoms with Crippen LogP contribution in [0.1, 0.15) is 22.3 Å². The zero-order valence-corrected chi connectivity index (χ0v) is 16.0. The molecule has 1 aliphatic rings. The molecule has 0 radical (unpaired) electrons. The number of likely N-dealkylation sites (tertiary alicyclic amines) is 1. The summed E-state index contributed by atoms with van der Waals surface area (Å²) in [6.07, 6.45) is 2.00. The molecular formula is C20H25ClN2OS. The van der Waals surface area contributed by atoms with Crippen molar-refractivity contribution in [2.75, 3.05) is 25.9 Å². The van der Waals surface area contributed by atoms with E-state index < -0.39 is 0 Å². The highest BCUT2D eigenvalue weighted by atomic mass is 35.5. The van der Waals surface area contributed by atoms with Gasteiger partial charge in [0.05, 0.1) is 0 Å². The smallest absolute Gasteiger partial charge is 0.240 e. The van der Waals surface area contributed by atoms with Gasteiger partial charge in [0.2, 0.25) is 5.91 Å². The molecule has 2 N–H and O–H groups in total. The fourth-order valence-electron chi connectivity index (χ4n) is 3.54. The molecule has 3 atom stereocenters. The minimum Gasteiger partial charge on any atom is -0.340 e.